The Kier molecular flexibility index (Phi) is 8.25. The van der Waals surface area contributed by atoms with Gasteiger partial charge in [-0.15, -0.1) is 13.2 Å². The van der Waals surface area contributed by atoms with Gasteiger partial charge >= 0.3 is 0 Å². The van der Waals surface area contributed by atoms with Crippen LogP contribution in [-0.2, 0) is 27.2 Å². The molecule has 2 atom stereocenters. The van der Waals surface area contributed by atoms with Gasteiger partial charge in [-0.3, -0.25) is 14.4 Å². The van der Waals surface area contributed by atoms with Gasteiger partial charge in [-0.2, -0.15) is 0 Å². The number of hydrogen-bond donors (Lipinski definition) is 1. The van der Waals surface area contributed by atoms with Crippen LogP contribution in [0, 0.1) is 10.8 Å². The third-order valence-corrected chi connectivity index (χ3v) is 5.87. The topological polar surface area (TPSA) is 71.4 Å². The first-order chi connectivity index (χ1) is 13.1. The molecule has 4 heteroatoms. The van der Waals surface area contributed by atoms with Gasteiger partial charge in [-0.25, -0.2) is 0 Å². The first-order valence-electron chi connectivity index (χ1n) is 9.56. The Morgan fingerprint density at radius 1 is 0.964 bits per heavy atom. The number of allylic oxidation sites excluding steroid dienone is 2. The third-order valence-electron chi connectivity index (χ3n) is 5.87. The summed E-state index contributed by atoms with van der Waals surface area (Å²) < 4.78 is 0. The van der Waals surface area contributed by atoms with Crippen molar-refractivity contribution in [3.8, 4) is 0 Å². The van der Waals surface area contributed by atoms with Gasteiger partial charge in [0.1, 0.15) is 17.3 Å². The van der Waals surface area contributed by atoms with Crippen LogP contribution in [0.15, 0.2) is 49.6 Å². The lowest BCUT2D eigenvalue weighted by molar-refractivity contribution is -0.138. The highest BCUT2D eigenvalue weighted by Crippen LogP contribution is 2.35. The Balaban J connectivity index is 3.32. The first kappa shape index (κ1) is 23.7. The third kappa shape index (κ3) is 4.93. The van der Waals surface area contributed by atoms with E-state index in [0.29, 0.717) is 12.8 Å². The van der Waals surface area contributed by atoms with Crippen molar-refractivity contribution < 1.29 is 19.5 Å². The van der Waals surface area contributed by atoms with Crippen molar-refractivity contribution in [3.63, 3.8) is 0 Å². The summed E-state index contributed by atoms with van der Waals surface area (Å²) in [6.07, 6.45) is 3.70. The molecule has 0 aliphatic rings. The van der Waals surface area contributed by atoms with E-state index >= 15 is 0 Å². The maximum Gasteiger partial charge on any atom is 0.143 e. The molecule has 0 spiro atoms. The zero-order valence-corrected chi connectivity index (χ0v) is 17.5. The van der Waals surface area contributed by atoms with Crippen LogP contribution in [-0.4, -0.2) is 28.6 Å². The fourth-order valence-electron chi connectivity index (χ4n) is 3.88. The largest absolute Gasteiger partial charge is 0.392 e. The molecule has 0 heterocycles. The number of ketones is 3. The van der Waals surface area contributed by atoms with Crippen LogP contribution >= 0.6 is 0 Å². The van der Waals surface area contributed by atoms with Crippen molar-refractivity contribution in [1.29, 1.82) is 0 Å². The van der Waals surface area contributed by atoms with Crippen LogP contribution in [0.5, 0.6) is 0 Å². The molecule has 152 valence electrons. The van der Waals surface area contributed by atoms with Crippen molar-refractivity contribution in [1.82, 2.24) is 0 Å². The Hall–Kier alpha value is -2.33. The lowest BCUT2D eigenvalue weighted by atomic mass is 9.70. The lowest BCUT2D eigenvalue weighted by Crippen LogP contribution is -2.41. The van der Waals surface area contributed by atoms with E-state index in [4.69, 9.17) is 0 Å². The molecule has 0 aromatic heterocycles. The highest BCUT2D eigenvalue weighted by atomic mass is 16.3. The molecule has 0 bridgehead atoms. The number of aliphatic hydroxyl groups excluding tert-OH is 1. The maximum absolute atomic E-state index is 12.4. The fraction of sp³-hybridized carbons (Fsp3) is 0.458. The first-order valence-corrected chi connectivity index (χ1v) is 9.56. The molecule has 1 N–H and O–H groups in total. The van der Waals surface area contributed by atoms with E-state index in [0.717, 1.165) is 11.1 Å². The van der Waals surface area contributed by atoms with Crippen molar-refractivity contribution in [2.45, 2.75) is 59.5 Å². The van der Waals surface area contributed by atoms with E-state index in [2.05, 4.69) is 13.2 Å². The summed E-state index contributed by atoms with van der Waals surface area (Å²) in [5, 5.41) is 10.3. The number of carbonyl (C=O) groups is 3. The fourth-order valence-corrected chi connectivity index (χ4v) is 3.88. The molecule has 2 unspecified atom stereocenters. The summed E-state index contributed by atoms with van der Waals surface area (Å²) in [6.45, 7) is 13.4. The average molecular weight is 385 g/mol. The monoisotopic (exact) mass is 384 g/mol. The Labute approximate surface area is 168 Å². The second-order valence-corrected chi connectivity index (χ2v) is 7.74. The number of benzene rings is 1. The Bertz CT molecular complexity index is 746. The molecule has 0 aliphatic carbocycles. The van der Waals surface area contributed by atoms with Crippen LogP contribution in [0.2, 0.25) is 0 Å². The SMILES string of the molecule is C=CCC(Cc1cccc(CC(CC=C)(C(C)=O)C(C)O)c1)(C(C)=O)C(C)=O. The van der Waals surface area contributed by atoms with Gasteiger partial charge in [-0.05, 0) is 64.5 Å². The average Bonchev–Trinajstić information content (AvgIpc) is 2.60. The van der Waals surface area contributed by atoms with Gasteiger partial charge in [0, 0.05) is 0 Å². The van der Waals surface area contributed by atoms with E-state index in [1.165, 1.54) is 20.8 Å². The summed E-state index contributed by atoms with van der Waals surface area (Å²) in [5.41, 5.74) is -0.357. The predicted molar refractivity (Wildman–Crippen MR) is 112 cm³/mol. The molecule has 0 fully saturated rings. The smallest absolute Gasteiger partial charge is 0.143 e. The maximum atomic E-state index is 12.4. The van der Waals surface area contributed by atoms with Crippen LogP contribution in [0.3, 0.4) is 0 Å². The molecule has 0 saturated carbocycles. The van der Waals surface area contributed by atoms with E-state index < -0.39 is 16.9 Å². The number of hydrogen-bond acceptors (Lipinski definition) is 4. The molecular weight excluding hydrogens is 352 g/mol. The van der Waals surface area contributed by atoms with Crippen molar-refractivity contribution in [2.75, 3.05) is 0 Å². The molecular formula is C24H32O4. The molecule has 4 nitrogen and oxygen atoms in total. The molecule has 28 heavy (non-hydrogen) atoms. The van der Waals surface area contributed by atoms with Crippen LogP contribution in [0.1, 0.15) is 51.7 Å². The van der Waals surface area contributed by atoms with Crippen LogP contribution in [0.25, 0.3) is 0 Å². The second kappa shape index (κ2) is 9.74. The second-order valence-electron chi connectivity index (χ2n) is 7.74. The minimum Gasteiger partial charge on any atom is -0.392 e. The highest BCUT2D eigenvalue weighted by molar-refractivity contribution is 6.05. The summed E-state index contributed by atoms with van der Waals surface area (Å²) in [4.78, 5) is 37.0. The van der Waals surface area contributed by atoms with Crippen LogP contribution in [0.4, 0.5) is 0 Å². The van der Waals surface area contributed by atoms with E-state index in [1.807, 2.05) is 24.3 Å². The van der Waals surface area contributed by atoms with E-state index in [-0.39, 0.29) is 30.2 Å². The summed E-state index contributed by atoms with van der Waals surface area (Å²) in [6, 6.07) is 7.53. The van der Waals surface area contributed by atoms with Gasteiger partial charge in [-0.1, -0.05) is 36.4 Å². The van der Waals surface area contributed by atoms with Gasteiger partial charge in [0.2, 0.25) is 0 Å². The standard InChI is InChI=1S/C24H32O4/c1-7-12-23(17(3)25,18(4)26)15-21-10-9-11-22(14-21)16-24(13-8-2,19(5)27)20(6)28/h7-11,14,17,25H,1-2,12-13,15-16H2,3-6H3. The normalized spacial score (nSPS) is 14.6. The number of Topliss-reactive ketones (excluding diaryl/α,β-unsaturated/α-hetero) is 3. The molecule has 1 aromatic carbocycles. The Morgan fingerprint density at radius 3 is 1.86 bits per heavy atom. The van der Waals surface area contributed by atoms with Crippen molar-refractivity contribution in [2.24, 2.45) is 10.8 Å². The van der Waals surface area contributed by atoms with E-state index in [1.54, 1.807) is 19.1 Å². The van der Waals surface area contributed by atoms with Crippen molar-refractivity contribution in [3.05, 3.63) is 60.7 Å². The van der Waals surface area contributed by atoms with Crippen LogP contribution < -0.4 is 0 Å². The molecule has 0 aliphatic heterocycles. The van der Waals surface area contributed by atoms with Gasteiger partial charge in [0.15, 0.2) is 0 Å². The van der Waals surface area contributed by atoms with Gasteiger partial charge in [0.05, 0.1) is 16.9 Å². The summed E-state index contributed by atoms with van der Waals surface area (Å²) in [5.74, 6) is -0.459. The van der Waals surface area contributed by atoms with Gasteiger partial charge < -0.3 is 5.11 Å². The summed E-state index contributed by atoms with van der Waals surface area (Å²) >= 11 is 0. The van der Waals surface area contributed by atoms with E-state index in [9.17, 15) is 19.5 Å². The molecule has 0 amide bonds. The quantitative estimate of drug-likeness (QED) is 0.436. The minimum atomic E-state index is -1.12. The lowest BCUT2D eigenvalue weighted by Gasteiger charge is -2.34. The number of carbonyl (C=O) groups excluding carboxylic acids is 3. The van der Waals surface area contributed by atoms with Crippen molar-refractivity contribution >= 4 is 17.3 Å². The van der Waals surface area contributed by atoms with Gasteiger partial charge in [0.25, 0.3) is 0 Å². The molecule has 0 radical (unpaired) electrons. The number of rotatable bonds is 12. The predicted octanol–water partition coefficient (Wildman–Crippen LogP) is 4.04. The highest BCUT2D eigenvalue weighted by Gasteiger charge is 2.41. The molecule has 0 saturated heterocycles. The summed E-state index contributed by atoms with van der Waals surface area (Å²) in [7, 11) is 0. The Morgan fingerprint density at radius 2 is 1.46 bits per heavy atom. The molecule has 1 rings (SSSR count). The zero-order chi connectivity index (χ0) is 21.5. The zero-order valence-electron chi connectivity index (χ0n) is 17.5. The number of aliphatic hydroxyl groups is 1. The molecule has 1 aromatic rings. The minimum absolute atomic E-state index is 0.0960.